The highest BCUT2D eigenvalue weighted by Crippen LogP contribution is 2.19. The third-order valence-corrected chi connectivity index (χ3v) is 3.75. The van der Waals surface area contributed by atoms with E-state index in [-0.39, 0.29) is 0 Å². The third kappa shape index (κ3) is 6.62. The van der Waals surface area contributed by atoms with Crippen molar-refractivity contribution in [3.05, 3.63) is 12.3 Å². The van der Waals surface area contributed by atoms with Crippen LogP contribution >= 0.6 is 0 Å². The highest BCUT2D eigenvalue weighted by molar-refractivity contribution is 6.76. The molecule has 0 aliphatic heterocycles. The van der Waals surface area contributed by atoms with E-state index in [4.69, 9.17) is 4.43 Å². The maximum atomic E-state index is 5.78. The Morgan fingerprint density at radius 3 is 2.17 bits per heavy atom. The zero-order valence-corrected chi connectivity index (χ0v) is 10.1. The first-order chi connectivity index (χ1) is 5.27. The summed E-state index contributed by atoms with van der Waals surface area (Å²) in [5.74, 6) is 0. The molecule has 0 aliphatic rings. The molecule has 0 amide bonds. The lowest BCUT2D eigenvalue weighted by atomic mass is 9.93. The van der Waals surface area contributed by atoms with Crippen LogP contribution in [0.4, 0.5) is 0 Å². The lowest BCUT2D eigenvalue weighted by Gasteiger charge is -2.23. The first kappa shape index (κ1) is 11.9. The van der Waals surface area contributed by atoms with Crippen LogP contribution in [0, 0.1) is 5.41 Å². The van der Waals surface area contributed by atoms with Crippen LogP contribution in [0.2, 0.25) is 13.1 Å². The van der Waals surface area contributed by atoms with Crippen LogP contribution in [0.5, 0.6) is 0 Å². The van der Waals surface area contributed by atoms with Crippen LogP contribution in [0.15, 0.2) is 12.3 Å². The summed E-state index contributed by atoms with van der Waals surface area (Å²) in [5.41, 5.74) is 2.36. The molecule has 1 nitrogen and oxygen atoms in total. The van der Waals surface area contributed by atoms with Crippen molar-refractivity contribution in [1.29, 1.82) is 0 Å². The Kier molecular flexibility index (Phi) is 4.21. The van der Waals surface area contributed by atoms with E-state index in [1.165, 1.54) is 0 Å². The summed E-state index contributed by atoms with van der Waals surface area (Å²) >= 11 is 0. The number of hydrogen-bond donors (Lipinski definition) is 0. The van der Waals surface area contributed by atoms with Gasteiger partial charge in [0.15, 0.2) is 0 Å². The molecule has 12 heavy (non-hydrogen) atoms. The van der Waals surface area contributed by atoms with Gasteiger partial charge in [-0.15, -0.1) is 6.58 Å². The van der Waals surface area contributed by atoms with Crippen LogP contribution in [-0.2, 0) is 4.43 Å². The first-order valence-electron chi connectivity index (χ1n) is 4.54. The van der Waals surface area contributed by atoms with Gasteiger partial charge in [0.2, 0.25) is 8.32 Å². The Morgan fingerprint density at radius 1 is 1.33 bits per heavy atom. The van der Waals surface area contributed by atoms with E-state index in [1.54, 1.807) is 0 Å². The van der Waals surface area contributed by atoms with Crippen molar-refractivity contribution in [2.24, 2.45) is 5.41 Å². The summed E-state index contributed by atoms with van der Waals surface area (Å²) in [6.45, 7) is 15.7. The molecule has 2 heteroatoms. The quantitative estimate of drug-likeness (QED) is 0.612. The van der Waals surface area contributed by atoms with Gasteiger partial charge in [-0.2, -0.15) is 0 Å². The van der Waals surface area contributed by atoms with Gasteiger partial charge in [0.25, 0.3) is 0 Å². The summed E-state index contributed by atoms with van der Waals surface area (Å²) in [6.07, 6.45) is 1.12. The molecular formula is C10H22OSi. The molecule has 0 heterocycles. The normalized spacial score (nSPS) is 13.1. The van der Waals surface area contributed by atoms with Crippen LogP contribution in [0.3, 0.4) is 0 Å². The maximum Gasteiger partial charge on any atom is 0.210 e. The zero-order valence-electron chi connectivity index (χ0n) is 9.11. The van der Waals surface area contributed by atoms with Gasteiger partial charge in [-0.1, -0.05) is 26.5 Å². The zero-order chi connectivity index (χ0) is 9.83. The molecule has 0 aliphatic carbocycles. The van der Waals surface area contributed by atoms with Crippen molar-refractivity contribution in [2.75, 3.05) is 6.61 Å². The molecule has 0 radical (unpaired) electrons. The smallest absolute Gasteiger partial charge is 0.210 e. The molecule has 0 fully saturated rings. The van der Waals surface area contributed by atoms with Crippen LogP contribution in [0.25, 0.3) is 0 Å². The molecule has 0 saturated heterocycles. The maximum absolute atomic E-state index is 5.78. The molecule has 0 spiro atoms. The Bertz CT molecular complexity index is 144. The Labute approximate surface area is 78.0 Å². The minimum absolute atomic E-state index is 0.381. The van der Waals surface area contributed by atoms with Crippen molar-refractivity contribution < 1.29 is 4.43 Å². The van der Waals surface area contributed by atoms with E-state index in [0.29, 0.717) is 5.41 Å². The summed E-state index contributed by atoms with van der Waals surface area (Å²) in [4.78, 5) is 0. The minimum Gasteiger partial charge on any atom is -0.414 e. The minimum atomic E-state index is -1.51. The van der Waals surface area contributed by atoms with Gasteiger partial charge in [-0.3, -0.25) is 0 Å². The average molecular weight is 186 g/mol. The van der Waals surface area contributed by atoms with Crippen LogP contribution in [-0.4, -0.2) is 14.9 Å². The molecule has 0 rings (SSSR count). The SMILES string of the molecule is C=C[Si](C)(C)OCCC(C)(C)C. The van der Waals surface area contributed by atoms with Gasteiger partial charge in [-0.05, 0) is 24.9 Å². The van der Waals surface area contributed by atoms with Crippen molar-refractivity contribution in [3.63, 3.8) is 0 Å². The lowest BCUT2D eigenvalue weighted by molar-refractivity contribution is 0.240. The van der Waals surface area contributed by atoms with E-state index in [0.717, 1.165) is 13.0 Å². The van der Waals surface area contributed by atoms with Crippen molar-refractivity contribution in [3.8, 4) is 0 Å². The second-order valence-electron chi connectivity index (χ2n) is 4.97. The van der Waals surface area contributed by atoms with Gasteiger partial charge in [-0.25, -0.2) is 0 Å². The first-order valence-corrected chi connectivity index (χ1v) is 7.53. The standard InChI is InChI=1S/C10H22OSi/c1-7-12(5,6)11-9-8-10(2,3)4/h7H,1,8-9H2,2-6H3. The van der Waals surface area contributed by atoms with E-state index in [1.807, 2.05) is 5.70 Å². The van der Waals surface area contributed by atoms with Gasteiger partial charge >= 0.3 is 0 Å². The van der Waals surface area contributed by atoms with Gasteiger partial charge in [0.1, 0.15) is 0 Å². The topological polar surface area (TPSA) is 9.23 Å². The summed E-state index contributed by atoms with van der Waals surface area (Å²) in [7, 11) is -1.51. The van der Waals surface area contributed by atoms with Crippen LogP contribution in [0.1, 0.15) is 27.2 Å². The monoisotopic (exact) mass is 186 g/mol. The van der Waals surface area contributed by atoms with Crippen LogP contribution < -0.4 is 0 Å². The molecule has 0 aromatic rings. The summed E-state index contributed by atoms with van der Waals surface area (Å²) < 4.78 is 5.78. The van der Waals surface area contributed by atoms with E-state index in [2.05, 4.69) is 40.4 Å². The molecule has 0 atom stereocenters. The fourth-order valence-electron chi connectivity index (χ4n) is 0.679. The fraction of sp³-hybridized carbons (Fsp3) is 0.800. The summed E-state index contributed by atoms with van der Waals surface area (Å²) in [6, 6.07) is 0. The van der Waals surface area contributed by atoms with Gasteiger partial charge < -0.3 is 4.43 Å². The molecule has 0 unspecified atom stereocenters. The van der Waals surface area contributed by atoms with Crippen molar-refractivity contribution >= 4 is 8.32 Å². The van der Waals surface area contributed by atoms with Crippen molar-refractivity contribution in [1.82, 2.24) is 0 Å². The molecular weight excluding hydrogens is 164 g/mol. The third-order valence-electron chi connectivity index (χ3n) is 1.82. The molecule has 0 N–H and O–H groups in total. The second-order valence-corrected chi connectivity index (χ2v) is 8.87. The highest BCUT2D eigenvalue weighted by atomic mass is 28.4. The molecule has 0 aromatic heterocycles. The number of rotatable bonds is 4. The fourth-order valence-corrected chi connectivity index (χ4v) is 1.43. The van der Waals surface area contributed by atoms with E-state index in [9.17, 15) is 0 Å². The Morgan fingerprint density at radius 2 is 1.83 bits per heavy atom. The van der Waals surface area contributed by atoms with Gasteiger partial charge in [0.05, 0.1) is 0 Å². The summed E-state index contributed by atoms with van der Waals surface area (Å²) in [5, 5.41) is 0. The second kappa shape index (κ2) is 4.24. The highest BCUT2D eigenvalue weighted by Gasteiger charge is 2.18. The molecule has 72 valence electrons. The molecule has 0 bridgehead atoms. The molecule has 0 aromatic carbocycles. The Hall–Kier alpha value is -0.0831. The predicted octanol–water partition coefficient (Wildman–Crippen LogP) is 3.37. The van der Waals surface area contributed by atoms with E-state index >= 15 is 0 Å². The lowest BCUT2D eigenvalue weighted by Crippen LogP contribution is -2.29. The van der Waals surface area contributed by atoms with Crippen molar-refractivity contribution in [2.45, 2.75) is 40.3 Å². The number of hydrogen-bond acceptors (Lipinski definition) is 1. The largest absolute Gasteiger partial charge is 0.414 e. The van der Waals surface area contributed by atoms with E-state index < -0.39 is 8.32 Å². The van der Waals surface area contributed by atoms with Gasteiger partial charge in [0, 0.05) is 6.61 Å². The predicted molar refractivity (Wildman–Crippen MR) is 57.7 cm³/mol. The molecule has 0 saturated carbocycles. The average Bonchev–Trinajstić information content (AvgIpc) is 1.84. The Balaban J connectivity index is 3.64.